The molecule has 3 aromatic carbocycles. The first kappa shape index (κ1) is 25.1. The molecule has 0 saturated carbocycles. The molecular formula is C32H37N3O2. The molecule has 1 saturated heterocycles. The van der Waals surface area contributed by atoms with Gasteiger partial charge in [0.1, 0.15) is 5.75 Å². The predicted octanol–water partition coefficient (Wildman–Crippen LogP) is 5.93. The number of piperidine rings is 1. The maximum atomic E-state index is 12.9. The van der Waals surface area contributed by atoms with E-state index >= 15 is 0 Å². The van der Waals surface area contributed by atoms with E-state index in [1.54, 1.807) is 0 Å². The predicted molar refractivity (Wildman–Crippen MR) is 150 cm³/mol. The second-order valence-corrected chi connectivity index (χ2v) is 10.1. The van der Waals surface area contributed by atoms with E-state index in [2.05, 4.69) is 76.3 Å². The zero-order valence-corrected chi connectivity index (χ0v) is 22.0. The third-order valence-corrected chi connectivity index (χ3v) is 7.43. The van der Waals surface area contributed by atoms with Gasteiger partial charge < -0.3 is 14.6 Å². The van der Waals surface area contributed by atoms with E-state index in [1.807, 2.05) is 31.2 Å². The van der Waals surface area contributed by atoms with E-state index in [1.165, 1.54) is 27.7 Å². The summed E-state index contributed by atoms with van der Waals surface area (Å²) in [6.45, 7) is 8.86. The van der Waals surface area contributed by atoms with Crippen molar-refractivity contribution in [3.05, 3.63) is 101 Å². The molecule has 4 aromatic rings. The summed E-state index contributed by atoms with van der Waals surface area (Å²) in [5, 5.41) is 4.43. The van der Waals surface area contributed by atoms with Crippen molar-refractivity contribution in [3.63, 3.8) is 0 Å². The van der Waals surface area contributed by atoms with Crippen molar-refractivity contribution >= 4 is 16.8 Å². The lowest BCUT2D eigenvalue weighted by molar-refractivity contribution is -0.126. The van der Waals surface area contributed by atoms with Gasteiger partial charge in [-0.2, -0.15) is 0 Å². The molecular weight excluding hydrogens is 458 g/mol. The lowest BCUT2D eigenvalue weighted by atomic mass is 9.95. The molecule has 1 N–H and O–H groups in total. The van der Waals surface area contributed by atoms with Crippen molar-refractivity contribution in [1.29, 1.82) is 0 Å². The number of hydrogen-bond acceptors (Lipinski definition) is 3. The standard InChI is InChI=1S/C32H37N3O2/c1-3-37-31-11-7-5-9-28(31)21-33-32(36)26-16-18-34(19-17-26)23-29-20-27-8-4-6-10-30(27)35(29)22-25-14-12-24(2)13-15-25/h4-15,20,26H,3,16-19,21-23H2,1-2H3,(H,33,36). The van der Waals surface area contributed by atoms with Crippen LogP contribution in [-0.4, -0.2) is 35.1 Å². The Kier molecular flexibility index (Phi) is 7.90. The number of benzene rings is 3. The van der Waals surface area contributed by atoms with E-state index in [9.17, 15) is 4.79 Å². The first-order valence-corrected chi connectivity index (χ1v) is 13.4. The Morgan fingerprint density at radius 2 is 1.68 bits per heavy atom. The first-order valence-electron chi connectivity index (χ1n) is 13.4. The second kappa shape index (κ2) is 11.7. The van der Waals surface area contributed by atoms with Crippen LogP contribution in [0.3, 0.4) is 0 Å². The largest absolute Gasteiger partial charge is 0.494 e. The van der Waals surface area contributed by atoms with Crippen molar-refractivity contribution in [1.82, 2.24) is 14.8 Å². The van der Waals surface area contributed by atoms with Gasteiger partial charge in [-0.05, 0) is 68.9 Å². The molecule has 0 aliphatic carbocycles. The van der Waals surface area contributed by atoms with Gasteiger partial charge >= 0.3 is 0 Å². The van der Waals surface area contributed by atoms with E-state index in [0.29, 0.717) is 13.2 Å². The topological polar surface area (TPSA) is 46.5 Å². The van der Waals surface area contributed by atoms with Gasteiger partial charge in [0.05, 0.1) is 6.61 Å². The van der Waals surface area contributed by atoms with Crippen LogP contribution in [0, 0.1) is 12.8 Å². The van der Waals surface area contributed by atoms with Gasteiger partial charge in [-0.3, -0.25) is 9.69 Å². The molecule has 0 bridgehead atoms. The molecule has 2 heterocycles. The Balaban J connectivity index is 1.20. The average molecular weight is 496 g/mol. The summed E-state index contributed by atoms with van der Waals surface area (Å²) < 4.78 is 8.15. The molecule has 1 aliphatic rings. The minimum Gasteiger partial charge on any atom is -0.494 e. The van der Waals surface area contributed by atoms with Gasteiger partial charge in [0.25, 0.3) is 0 Å². The summed E-state index contributed by atoms with van der Waals surface area (Å²) in [6.07, 6.45) is 1.77. The Bertz CT molecular complexity index is 1330. The minimum atomic E-state index is 0.0638. The summed E-state index contributed by atoms with van der Waals surface area (Å²) in [5.41, 5.74) is 6.23. The number of fused-ring (bicyclic) bond motifs is 1. The number of ether oxygens (including phenoxy) is 1. The van der Waals surface area contributed by atoms with Crippen molar-refractivity contribution < 1.29 is 9.53 Å². The minimum absolute atomic E-state index is 0.0638. The fourth-order valence-electron chi connectivity index (χ4n) is 5.32. The molecule has 0 unspecified atom stereocenters. The number of hydrogen-bond donors (Lipinski definition) is 1. The lowest BCUT2D eigenvalue weighted by Gasteiger charge is -2.31. The average Bonchev–Trinajstić information content (AvgIpc) is 3.26. The summed E-state index contributed by atoms with van der Waals surface area (Å²) in [5.74, 6) is 1.06. The molecule has 1 aliphatic heterocycles. The summed E-state index contributed by atoms with van der Waals surface area (Å²) in [4.78, 5) is 15.4. The summed E-state index contributed by atoms with van der Waals surface area (Å²) in [6, 6.07) is 27.7. The SMILES string of the molecule is CCOc1ccccc1CNC(=O)C1CCN(Cc2cc3ccccc3n2Cc2ccc(C)cc2)CC1. The highest BCUT2D eigenvalue weighted by molar-refractivity contribution is 5.81. The van der Waals surface area contributed by atoms with Crippen molar-refractivity contribution in [3.8, 4) is 5.75 Å². The van der Waals surface area contributed by atoms with E-state index in [0.717, 1.165) is 50.3 Å². The molecule has 1 fully saturated rings. The van der Waals surface area contributed by atoms with E-state index in [4.69, 9.17) is 4.74 Å². The molecule has 5 nitrogen and oxygen atoms in total. The third kappa shape index (κ3) is 6.05. The van der Waals surface area contributed by atoms with Crippen molar-refractivity contribution in [2.24, 2.45) is 5.92 Å². The maximum absolute atomic E-state index is 12.9. The zero-order chi connectivity index (χ0) is 25.6. The molecule has 0 atom stereocenters. The first-order chi connectivity index (χ1) is 18.1. The van der Waals surface area contributed by atoms with Crippen molar-refractivity contribution in [2.75, 3.05) is 19.7 Å². The van der Waals surface area contributed by atoms with Gasteiger partial charge in [0.2, 0.25) is 5.91 Å². The number of carbonyl (C=O) groups is 1. The summed E-state index contributed by atoms with van der Waals surface area (Å²) >= 11 is 0. The van der Waals surface area contributed by atoms with Gasteiger partial charge in [-0.15, -0.1) is 0 Å². The molecule has 0 spiro atoms. The Morgan fingerprint density at radius 3 is 2.46 bits per heavy atom. The zero-order valence-electron chi connectivity index (χ0n) is 22.0. The number of rotatable bonds is 9. The number of para-hydroxylation sites is 2. The number of likely N-dealkylation sites (tertiary alicyclic amines) is 1. The molecule has 192 valence electrons. The molecule has 0 radical (unpaired) electrons. The normalized spacial score (nSPS) is 14.6. The van der Waals surface area contributed by atoms with Gasteiger partial charge in [-0.25, -0.2) is 0 Å². The Labute approximate surface area is 220 Å². The van der Waals surface area contributed by atoms with Crippen LogP contribution in [0.2, 0.25) is 0 Å². The van der Waals surface area contributed by atoms with Crippen LogP contribution in [0.5, 0.6) is 5.75 Å². The molecule has 5 heteroatoms. The number of aromatic nitrogens is 1. The quantitative estimate of drug-likeness (QED) is 0.313. The van der Waals surface area contributed by atoms with Crippen LogP contribution in [0.25, 0.3) is 10.9 Å². The fraction of sp³-hybridized carbons (Fsp3) is 0.344. The Hall–Kier alpha value is -3.57. The van der Waals surface area contributed by atoms with Crippen LogP contribution in [0.1, 0.15) is 42.1 Å². The van der Waals surface area contributed by atoms with Gasteiger partial charge in [0.15, 0.2) is 0 Å². The van der Waals surface area contributed by atoms with E-state index in [-0.39, 0.29) is 11.8 Å². The second-order valence-electron chi connectivity index (χ2n) is 10.1. The molecule has 37 heavy (non-hydrogen) atoms. The van der Waals surface area contributed by atoms with Crippen LogP contribution in [-0.2, 0) is 24.4 Å². The van der Waals surface area contributed by atoms with Crippen molar-refractivity contribution in [2.45, 2.75) is 46.3 Å². The molecule has 5 rings (SSSR count). The fourth-order valence-corrected chi connectivity index (χ4v) is 5.32. The third-order valence-electron chi connectivity index (χ3n) is 7.43. The monoisotopic (exact) mass is 495 g/mol. The van der Waals surface area contributed by atoms with Crippen LogP contribution in [0.15, 0.2) is 78.9 Å². The maximum Gasteiger partial charge on any atom is 0.223 e. The molecule has 1 aromatic heterocycles. The number of carbonyl (C=O) groups excluding carboxylic acids is 1. The van der Waals surface area contributed by atoms with Crippen LogP contribution < -0.4 is 10.1 Å². The van der Waals surface area contributed by atoms with Crippen LogP contribution in [0.4, 0.5) is 0 Å². The summed E-state index contributed by atoms with van der Waals surface area (Å²) in [7, 11) is 0. The Morgan fingerprint density at radius 1 is 0.946 bits per heavy atom. The highest BCUT2D eigenvalue weighted by atomic mass is 16.5. The van der Waals surface area contributed by atoms with E-state index < -0.39 is 0 Å². The lowest BCUT2D eigenvalue weighted by Crippen LogP contribution is -2.40. The van der Waals surface area contributed by atoms with Crippen LogP contribution >= 0.6 is 0 Å². The molecule has 1 amide bonds. The smallest absolute Gasteiger partial charge is 0.223 e. The highest BCUT2D eigenvalue weighted by Gasteiger charge is 2.26. The number of amides is 1. The number of nitrogens with zero attached hydrogens (tertiary/aromatic N) is 2. The highest BCUT2D eigenvalue weighted by Crippen LogP contribution is 2.25. The number of nitrogens with one attached hydrogen (secondary N) is 1. The van der Waals surface area contributed by atoms with Gasteiger partial charge in [0, 0.05) is 42.3 Å². The van der Waals surface area contributed by atoms with Gasteiger partial charge in [-0.1, -0.05) is 66.2 Å². The number of aryl methyl sites for hydroxylation is 1.